The van der Waals surface area contributed by atoms with Gasteiger partial charge in [0.05, 0.1) is 11.5 Å². The molecule has 1 fully saturated rings. The number of rotatable bonds is 0. The molecule has 0 amide bonds. The SMILES string of the molecule is C[C@@H]1C[C@H](Cl)[C@@H](O)O1. The van der Waals surface area contributed by atoms with Gasteiger partial charge in [0, 0.05) is 0 Å². The summed E-state index contributed by atoms with van der Waals surface area (Å²) < 4.78 is 4.90. The van der Waals surface area contributed by atoms with Gasteiger partial charge in [-0.05, 0) is 13.3 Å². The van der Waals surface area contributed by atoms with E-state index in [2.05, 4.69) is 0 Å². The fraction of sp³-hybridized carbons (Fsp3) is 1.00. The number of hydrogen-bond acceptors (Lipinski definition) is 2. The second kappa shape index (κ2) is 2.21. The second-order valence-corrected chi connectivity index (χ2v) is 2.65. The Morgan fingerprint density at radius 2 is 2.38 bits per heavy atom. The van der Waals surface area contributed by atoms with Crippen LogP contribution in [0.2, 0.25) is 0 Å². The predicted octanol–water partition coefficient (Wildman–Crippen LogP) is 0.721. The molecule has 0 aliphatic carbocycles. The van der Waals surface area contributed by atoms with E-state index >= 15 is 0 Å². The molecule has 2 nitrogen and oxygen atoms in total. The first kappa shape index (κ1) is 6.33. The zero-order valence-electron chi connectivity index (χ0n) is 4.67. The lowest BCUT2D eigenvalue weighted by molar-refractivity contribution is -0.0834. The monoisotopic (exact) mass is 136 g/mol. The summed E-state index contributed by atoms with van der Waals surface area (Å²) in [7, 11) is 0. The van der Waals surface area contributed by atoms with E-state index in [4.69, 9.17) is 21.4 Å². The summed E-state index contributed by atoms with van der Waals surface area (Å²) in [6.07, 6.45) is 0.127. The second-order valence-electron chi connectivity index (χ2n) is 2.09. The van der Waals surface area contributed by atoms with Gasteiger partial charge in [0.25, 0.3) is 0 Å². The van der Waals surface area contributed by atoms with Crippen molar-refractivity contribution in [1.82, 2.24) is 0 Å². The first-order valence-corrected chi connectivity index (χ1v) is 3.11. The van der Waals surface area contributed by atoms with Crippen LogP contribution in [-0.4, -0.2) is 22.9 Å². The molecule has 1 aliphatic heterocycles. The van der Waals surface area contributed by atoms with Gasteiger partial charge in [-0.25, -0.2) is 0 Å². The van der Waals surface area contributed by atoms with E-state index in [9.17, 15) is 0 Å². The Hall–Kier alpha value is 0.210. The molecule has 0 saturated carbocycles. The van der Waals surface area contributed by atoms with Crippen molar-refractivity contribution in [1.29, 1.82) is 0 Å². The highest BCUT2D eigenvalue weighted by Gasteiger charge is 2.28. The summed E-state index contributed by atoms with van der Waals surface area (Å²) in [6, 6.07) is 0. The summed E-state index contributed by atoms with van der Waals surface area (Å²) in [5.41, 5.74) is 0. The Kier molecular flexibility index (Phi) is 1.75. The Morgan fingerprint density at radius 3 is 2.50 bits per heavy atom. The van der Waals surface area contributed by atoms with Crippen LogP contribution in [0.4, 0.5) is 0 Å². The summed E-state index contributed by atoms with van der Waals surface area (Å²) >= 11 is 5.58. The zero-order chi connectivity index (χ0) is 6.15. The molecule has 0 radical (unpaired) electrons. The van der Waals surface area contributed by atoms with E-state index in [1.165, 1.54) is 0 Å². The van der Waals surface area contributed by atoms with Crippen LogP contribution >= 0.6 is 11.6 Å². The topological polar surface area (TPSA) is 29.5 Å². The average molecular weight is 137 g/mol. The van der Waals surface area contributed by atoms with Gasteiger partial charge in [-0.3, -0.25) is 0 Å². The standard InChI is InChI=1S/C5H9ClO2/c1-3-2-4(6)5(7)8-3/h3-5,7H,2H2,1H3/t3-,4+,5+/m1/s1. The van der Waals surface area contributed by atoms with Gasteiger partial charge in [0.15, 0.2) is 6.29 Å². The molecule has 1 aliphatic rings. The van der Waals surface area contributed by atoms with Crippen LogP contribution in [0, 0.1) is 0 Å². The molecule has 1 saturated heterocycles. The van der Waals surface area contributed by atoms with Crippen LogP contribution in [0.1, 0.15) is 13.3 Å². The van der Waals surface area contributed by atoms with Crippen molar-refractivity contribution in [2.24, 2.45) is 0 Å². The first-order valence-electron chi connectivity index (χ1n) is 2.68. The number of alkyl halides is 1. The fourth-order valence-corrected chi connectivity index (χ4v) is 1.12. The first-order chi connectivity index (χ1) is 3.70. The maximum Gasteiger partial charge on any atom is 0.171 e. The Balaban J connectivity index is 2.39. The molecule has 3 heteroatoms. The Morgan fingerprint density at radius 1 is 1.75 bits per heavy atom. The molecule has 0 aromatic carbocycles. The van der Waals surface area contributed by atoms with Gasteiger partial charge < -0.3 is 9.84 Å². The van der Waals surface area contributed by atoms with Crippen molar-refractivity contribution in [3.63, 3.8) is 0 Å². The molecule has 0 spiro atoms. The van der Waals surface area contributed by atoms with E-state index in [-0.39, 0.29) is 11.5 Å². The Bertz CT molecular complexity index is 76.5. The summed E-state index contributed by atoms with van der Waals surface area (Å²) in [5, 5.41) is 8.61. The third kappa shape index (κ3) is 1.13. The number of aliphatic hydroxyl groups excluding tert-OH is 1. The van der Waals surface area contributed by atoms with Crippen LogP contribution in [0.5, 0.6) is 0 Å². The highest BCUT2D eigenvalue weighted by molar-refractivity contribution is 6.21. The van der Waals surface area contributed by atoms with Gasteiger partial charge in [-0.2, -0.15) is 0 Å². The minimum Gasteiger partial charge on any atom is -0.367 e. The van der Waals surface area contributed by atoms with Crippen LogP contribution in [0.25, 0.3) is 0 Å². The van der Waals surface area contributed by atoms with E-state index < -0.39 is 6.29 Å². The summed E-state index contributed by atoms with van der Waals surface area (Å²) in [6.45, 7) is 1.89. The normalized spacial score (nSPS) is 47.6. The Labute approximate surface area is 53.4 Å². The van der Waals surface area contributed by atoms with Gasteiger partial charge in [0.2, 0.25) is 0 Å². The largest absolute Gasteiger partial charge is 0.367 e. The van der Waals surface area contributed by atoms with Crippen LogP contribution < -0.4 is 0 Å². The van der Waals surface area contributed by atoms with Crippen LogP contribution in [0.15, 0.2) is 0 Å². The molecule has 0 unspecified atom stereocenters. The minimum absolute atomic E-state index is 0.118. The molecule has 1 heterocycles. The third-order valence-electron chi connectivity index (χ3n) is 1.24. The van der Waals surface area contributed by atoms with E-state index in [1.807, 2.05) is 6.92 Å². The maximum atomic E-state index is 8.81. The van der Waals surface area contributed by atoms with Crippen molar-refractivity contribution >= 4 is 11.6 Å². The van der Waals surface area contributed by atoms with Crippen molar-refractivity contribution in [3.8, 4) is 0 Å². The molecule has 48 valence electrons. The molecular formula is C5H9ClO2. The van der Waals surface area contributed by atoms with Crippen molar-refractivity contribution in [3.05, 3.63) is 0 Å². The molecule has 0 aromatic heterocycles. The van der Waals surface area contributed by atoms with Gasteiger partial charge >= 0.3 is 0 Å². The number of aliphatic hydroxyl groups is 1. The lowest BCUT2D eigenvalue weighted by Crippen LogP contribution is -2.13. The number of ether oxygens (including phenoxy) is 1. The smallest absolute Gasteiger partial charge is 0.171 e. The lowest BCUT2D eigenvalue weighted by Gasteiger charge is -2.02. The van der Waals surface area contributed by atoms with E-state index in [0.717, 1.165) is 6.42 Å². The molecule has 3 atom stereocenters. The molecular weight excluding hydrogens is 128 g/mol. The molecule has 0 bridgehead atoms. The maximum absolute atomic E-state index is 8.81. The fourth-order valence-electron chi connectivity index (χ4n) is 0.812. The third-order valence-corrected chi connectivity index (χ3v) is 1.63. The minimum atomic E-state index is -0.744. The highest BCUT2D eigenvalue weighted by Crippen LogP contribution is 2.22. The van der Waals surface area contributed by atoms with Gasteiger partial charge in [-0.15, -0.1) is 11.6 Å². The summed E-state index contributed by atoms with van der Waals surface area (Å²) in [4.78, 5) is 0. The van der Waals surface area contributed by atoms with Gasteiger partial charge in [0.1, 0.15) is 0 Å². The number of hydrogen-bond donors (Lipinski definition) is 1. The summed E-state index contributed by atoms with van der Waals surface area (Å²) in [5.74, 6) is 0. The molecule has 0 aromatic rings. The average Bonchev–Trinajstić information content (AvgIpc) is 1.85. The number of halogens is 1. The zero-order valence-corrected chi connectivity index (χ0v) is 5.43. The molecule has 1 rings (SSSR count). The molecule has 8 heavy (non-hydrogen) atoms. The van der Waals surface area contributed by atoms with Crippen LogP contribution in [0.3, 0.4) is 0 Å². The van der Waals surface area contributed by atoms with Crippen molar-refractivity contribution < 1.29 is 9.84 Å². The van der Waals surface area contributed by atoms with Crippen molar-refractivity contribution in [2.75, 3.05) is 0 Å². The molecule has 1 N–H and O–H groups in total. The van der Waals surface area contributed by atoms with E-state index in [0.29, 0.717) is 0 Å². The highest BCUT2D eigenvalue weighted by atomic mass is 35.5. The quantitative estimate of drug-likeness (QED) is 0.498. The lowest BCUT2D eigenvalue weighted by atomic mass is 10.2. The van der Waals surface area contributed by atoms with Crippen LogP contribution in [-0.2, 0) is 4.74 Å². The van der Waals surface area contributed by atoms with E-state index in [1.54, 1.807) is 0 Å². The predicted molar refractivity (Wildman–Crippen MR) is 30.8 cm³/mol. The van der Waals surface area contributed by atoms with Gasteiger partial charge in [-0.1, -0.05) is 0 Å². The van der Waals surface area contributed by atoms with Crippen molar-refractivity contribution in [2.45, 2.75) is 31.1 Å².